The van der Waals surface area contributed by atoms with E-state index in [1.54, 1.807) is 32.4 Å². The lowest BCUT2D eigenvalue weighted by molar-refractivity contribution is -0.138. The number of likely N-dealkylation sites (tertiary alicyclic amines) is 1. The summed E-state index contributed by atoms with van der Waals surface area (Å²) in [4.78, 5) is 27.6. The highest BCUT2D eigenvalue weighted by Gasteiger charge is 2.40. The second-order valence-corrected chi connectivity index (χ2v) is 10.7. The number of nitrogens with zero attached hydrogens (tertiary/aromatic N) is 3. The third-order valence-electron chi connectivity index (χ3n) is 6.83. The van der Waals surface area contributed by atoms with E-state index < -0.39 is 16.0 Å². The summed E-state index contributed by atoms with van der Waals surface area (Å²) in [5.74, 6) is -0.293. The number of ether oxygens (including phenoxy) is 1. The first-order chi connectivity index (χ1) is 14.6. The Morgan fingerprint density at radius 1 is 1.06 bits per heavy atom. The summed E-state index contributed by atoms with van der Waals surface area (Å²) in [5.41, 5.74) is 1.15. The van der Waals surface area contributed by atoms with Gasteiger partial charge in [0.2, 0.25) is 15.9 Å². The second kappa shape index (κ2) is 9.32. The molecule has 8 nitrogen and oxygen atoms in total. The van der Waals surface area contributed by atoms with Gasteiger partial charge in [0, 0.05) is 44.6 Å². The minimum atomic E-state index is -3.95. The quantitative estimate of drug-likeness (QED) is 0.639. The van der Waals surface area contributed by atoms with Crippen molar-refractivity contribution in [3.63, 3.8) is 0 Å². The third kappa shape index (κ3) is 4.53. The van der Waals surface area contributed by atoms with Crippen molar-refractivity contribution < 1.29 is 22.7 Å². The van der Waals surface area contributed by atoms with Crippen LogP contribution >= 0.6 is 0 Å². The van der Waals surface area contributed by atoms with Gasteiger partial charge in [0.1, 0.15) is 10.5 Å². The minimum absolute atomic E-state index is 0.00541. The molecule has 0 N–H and O–H groups in total. The van der Waals surface area contributed by atoms with Gasteiger partial charge in [-0.2, -0.15) is 4.31 Å². The number of esters is 1. The molecule has 1 aromatic rings. The first-order valence-electron chi connectivity index (χ1n) is 11.2. The number of sulfonamides is 1. The maximum Gasteiger partial charge on any atom is 0.341 e. The van der Waals surface area contributed by atoms with Crippen molar-refractivity contribution >= 4 is 21.9 Å². The van der Waals surface area contributed by atoms with Crippen LogP contribution in [0.5, 0.6) is 0 Å². The average Bonchev–Trinajstić information content (AvgIpc) is 2.98. The molecule has 174 valence electrons. The zero-order valence-electron chi connectivity index (χ0n) is 19.3. The molecular weight excluding hydrogens is 418 g/mol. The molecule has 1 aromatic heterocycles. The molecule has 9 heteroatoms. The zero-order chi connectivity index (χ0) is 22.9. The van der Waals surface area contributed by atoms with Gasteiger partial charge in [-0.15, -0.1) is 0 Å². The molecule has 2 fully saturated rings. The molecule has 2 aliphatic rings. The molecule has 1 amide bonds. The maximum atomic E-state index is 13.7. The fourth-order valence-electron chi connectivity index (χ4n) is 4.65. The number of hydrogen-bond donors (Lipinski definition) is 0. The molecule has 1 unspecified atom stereocenters. The number of carbonyl (C=O) groups excluding carboxylic acids is 2. The number of amides is 1. The van der Waals surface area contributed by atoms with Crippen LogP contribution in [0.15, 0.2) is 4.90 Å². The van der Waals surface area contributed by atoms with E-state index in [0.717, 1.165) is 25.9 Å². The highest BCUT2D eigenvalue weighted by Crippen LogP contribution is 2.32. The molecule has 3 rings (SSSR count). The minimum Gasteiger partial charge on any atom is -0.462 e. The molecule has 2 saturated heterocycles. The highest BCUT2D eigenvalue weighted by molar-refractivity contribution is 7.89. The van der Waals surface area contributed by atoms with Gasteiger partial charge in [0.05, 0.1) is 12.5 Å². The van der Waals surface area contributed by atoms with Crippen molar-refractivity contribution in [3.05, 3.63) is 17.0 Å². The van der Waals surface area contributed by atoms with E-state index in [1.165, 1.54) is 4.31 Å². The Morgan fingerprint density at radius 2 is 1.71 bits per heavy atom. The Bertz CT molecular complexity index is 945. The summed E-state index contributed by atoms with van der Waals surface area (Å²) in [7, 11) is -2.21. The summed E-state index contributed by atoms with van der Waals surface area (Å²) in [6.07, 6.45) is 3.30. The lowest BCUT2D eigenvalue weighted by Gasteiger charge is -2.37. The van der Waals surface area contributed by atoms with Crippen LogP contribution in [0, 0.1) is 25.7 Å². The van der Waals surface area contributed by atoms with Crippen molar-refractivity contribution in [2.24, 2.45) is 18.9 Å². The molecule has 0 radical (unpaired) electrons. The standard InChI is InChI=1S/C22H35N3O5S/c1-6-30-22(27)19-16(3)23(5)17(4)20(19)31(28,29)25-11-7-8-18(14-25)21(26)24-12-9-15(2)10-13-24/h15,18H,6-14H2,1-5H3. The fourth-order valence-corrected chi connectivity index (χ4v) is 6.66. The number of rotatable bonds is 5. The van der Waals surface area contributed by atoms with E-state index in [2.05, 4.69) is 6.92 Å². The van der Waals surface area contributed by atoms with Crippen LogP contribution in [0.3, 0.4) is 0 Å². The van der Waals surface area contributed by atoms with E-state index in [1.807, 2.05) is 4.90 Å². The molecular formula is C22H35N3O5S. The van der Waals surface area contributed by atoms with Gasteiger partial charge in [-0.1, -0.05) is 6.92 Å². The largest absolute Gasteiger partial charge is 0.462 e. The highest BCUT2D eigenvalue weighted by atomic mass is 32.2. The van der Waals surface area contributed by atoms with Gasteiger partial charge in [-0.3, -0.25) is 4.79 Å². The van der Waals surface area contributed by atoms with E-state index in [0.29, 0.717) is 36.7 Å². The molecule has 1 atom stereocenters. The van der Waals surface area contributed by atoms with E-state index in [9.17, 15) is 18.0 Å². The summed E-state index contributed by atoms with van der Waals surface area (Å²) in [6, 6.07) is 0. The Labute approximate surface area is 185 Å². The Balaban J connectivity index is 1.88. The van der Waals surface area contributed by atoms with Crippen LogP contribution in [0.25, 0.3) is 0 Å². The molecule has 0 bridgehead atoms. The molecule has 0 aliphatic carbocycles. The van der Waals surface area contributed by atoms with E-state index >= 15 is 0 Å². The van der Waals surface area contributed by atoms with Gasteiger partial charge in [0.15, 0.2) is 0 Å². The first-order valence-corrected chi connectivity index (χ1v) is 12.7. The van der Waals surface area contributed by atoms with Crippen molar-refractivity contribution in [1.82, 2.24) is 13.8 Å². The number of hydrogen-bond acceptors (Lipinski definition) is 5. The summed E-state index contributed by atoms with van der Waals surface area (Å²) >= 11 is 0. The number of carbonyl (C=O) groups is 2. The van der Waals surface area contributed by atoms with Crippen molar-refractivity contribution in [1.29, 1.82) is 0 Å². The lowest BCUT2D eigenvalue weighted by Crippen LogP contribution is -2.48. The Kier molecular flexibility index (Phi) is 7.15. The zero-order valence-corrected chi connectivity index (χ0v) is 20.1. The SMILES string of the molecule is CCOC(=O)c1c(S(=O)(=O)N2CCCC(C(=O)N3CCC(C)CC3)C2)c(C)n(C)c1C. The molecule has 0 aromatic carbocycles. The van der Waals surface area contributed by atoms with Crippen molar-refractivity contribution in [2.45, 2.75) is 58.3 Å². The topological polar surface area (TPSA) is 88.9 Å². The lowest BCUT2D eigenvalue weighted by atomic mass is 9.94. The monoisotopic (exact) mass is 453 g/mol. The normalized spacial score (nSPS) is 21.3. The third-order valence-corrected chi connectivity index (χ3v) is 8.86. The van der Waals surface area contributed by atoms with Gasteiger partial charge < -0.3 is 14.2 Å². The number of piperidine rings is 2. The molecule has 0 spiro atoms. The van der Waals surface area contributed by atoms with E-state index in [4.69, 9.17) is 4.74 Å². The molecule has 0 saturated carbocycles. The predicted molar refractivity (Wildman–Crippen MR) is 117 cm³/mol. The summed E-state index contributed by atoms with van der Waals surface area (Å²) < 4.78 is 35.6. The second-order valence-electron chi connectivity index (χ2n) is 8.86. The van der Waals surface area contributed by atoms with Crippen LogP contribution in [0.2, 0.25) is 0 Å². The average molecular weight is 454 g/mol. The summed E-state index contributed by atoms with van der Waals surface area (Å²) in [5, 5.41) is 0. The van der Waals surface area contributed by atoms with Gasteiger partial charge >= 0.3 is 5.97 Å². The van der Waals surface area contributed by atoms with Crippen LogP contribution in [-0.2, 0) is 26.6 Å². The summed E-state index contributed by atoms with van der Waals surface area (Å²) in [6.45, 7) is 9.46. The van der Waals surface area contributed by atoms with Crippen LogP contribution < -0.4 is 0 Å². The number of aromatic nitrogens is 1. The fraction of sp³-hybridized carbons (Fsp3) is 0.727. The van der Waals surface area contributed by atoms with E-state index in [-0.39, 0.29) is 35.4 Å². The first kappa shape index (κ1) is 23.8. The smallest absolute Gasteiger partial charge is 0.341 e. The maximum absolute atomic E-state index is 13.7. The van der Waals surface area contributed by atoms with Gasteiger partial charge in [0.25, 0.3) is 0 Å². The predicted octanol–water partition coefficient (Wildman–Crippen LogP) is 2.48. The van der Waals surface area contributed by atoms with Gasteiger partial charge in [-0.25, -0.2) is 13.2 Å². The van der Waals surface area contributed by atoms with Crippen molar-refractivity contribution in [3.8, 4) is 0 Å². The molecule has 31 heavy (non-hydrogen) atoms. The van der Waals surface area contributed by atoms with Crippen LogP contribution in [-0.4, -0.2) is 66.9 Å². The molecule has 3 heterocycles. The van der Waals surface area contributed by atoms with Crippen LogP contribution in [0.4, 0.5) is 0 Å². The van der Waals surface area contributed by atoms with Gasteiger partial charge in [-0.05, 0) is 52.4 Å². The Hall–Kier alpha value is -1.87. The van der Waals surface area contributed by atoms with Crippen LogP contribution in [0.1, 0.15) is 61.3 Å². The van der Waals surface area contributed by atoms with Crippen molar-refractivity contribution in [2.75, 3.05) is 32.8 Å². The molecule has 2 aliphatic heterocycles. The Morgan fingerprint density at radius 3 is 2.32 bits per heavy atom.